The Morgan fingerprint density at radius 1 is 1.69 bits per heavy atom. The zero-order chi connectivity index (χ0) is 11.4. The first-order valence-electron chi connectivity index (χ1n) is 5.75. The van der Waals surface area contributed by atoms with Crippen molar-refractivity contribution in [2.45, 2.75) is 25.3 Å². The first-order chi connectivity index (χ1) is 7.77. The van der Waals surface area contributed by atoms with Gasteiger partial charge in [0, 0.05) is 19.6 Å². The van der Waals surface area contributed by atoms with Gasteiger partial charge in [-0.05, 0) is 19.4 Å². The van der Waals surface area contributed by atoms with Gasteiger partial charge in [-0.1, -0.05) is 6.42 Å². The lowest BCUT2D eigenvalue weighted by Gasteiger charge is -2.23. The molecule has 2 rings (SSSR count). The van der Waals surface area contributed by atoms with Crippen molar-refractivity contribution in [2.75, 3.05) is 13.1 Å². The minimum absolute atomic E-state index is 0.0487. The average Bonchev–Trinajstić information content (AvgIpc) is 2.74. The van der Waals surface area contributed by atoms with Gasteiger partial charge in [0.1, 0.15) is 5.69 Å². The van der Waals surface area contributed by atoms with E-state index in [1.165, 1.54) is 12.8 Å². The minimum atomic E-state index is -0.0487. The Morgan fingerprint density at radius 2 is 2.56 bits per heavy atom. The summed E-state index contributed by atoms with van der Waals surface area (Å²) < 4.78 is 1.73. The van der Waals surface area contributed by atoms with E-state index in [2.05, 4.69) is 15.6 Å². The molecule has 0 saturated carbocycles. The molecule has 1 aromatic heterocycles. The van der Waals surface area contributed by atoms with Crippen LogP contribution in [0.15, 0.2) is 12.5 Å². The Balaban J connectivity index is 1.81. The van der Waals surface area contributed by atoms with E-state index in [-0.39, 0.29) is 5.91 Å². The highest BCUT2D eigenvalue weighted by atomic mass is 16.1. The maximum Gasteiger partial charge on any atom is 0.269 e. The highest BCUT2D eigenvalue weighted by Gasteiger charge is 2.15. The molecular formula is C11H18N4O. The monoisotopic (exact) mass is 222 g/mol. The van der Waals surface area contributed by atoms with Gasteiger partial charge in [0.15, 0.2) is 0 Å². The minimum Gasteiger partial charge on any atom is -0.349 e. The van der Waals surface area contributed by atoms with Crippen molar-refractivity contribution >= 4 is 5.91 Å². The Hall–Kier alpha value is -1.36. The van der Waals surface area contributed by atoms with Crippen LogP contribution in [-0.4, -0.2) is 34.6 Å². The van der Waals surface area contributed by atoms with Crippen LogP contribution in [0.2, 0.25) is 0 Å². The Bertz CT molecular complexity index is 355. The Kier molecular flexibility index (Phi) is 3.56. The van der Waals surface area contributed by atoms with Crippen molar-refractivity contribution in [3.8, 4) is 0 Å². The van der Waals surface area contributed by atoms with Crippen LogP contribution in [0.1, 0.15) is 29.8 Å². The maximum atomic E-state index is 11.8. The first kappa shape index (κ1) is 11.1. The molecule has 16 heavy (non-hydrogen) atoms. The molecule has 0 aliphatic carbocycles. The number of nitrogens with one attached hydrogen (secondary N) is 2. The number of rotatable bonds is 3. The number of aryl methyl sites for hydroxylation is 1. The van der Waals surface area contributed by atoms with Crippen LogP contribution >= 0.6 is 0 Å². The van der Waals surface area contributed by atoms with Gasteiger partial charge < -0.3 is 15.2 Å². The summed E-state index contributed by atoms with van der Waals surface area (Å²) in [5.74, 6) is -0.0487. The summed E-state index contributed by atoms with van der Waals surface area (Å²) in [5.41, 5.74) is 0.607. The zero-order valence-corrected chi connectivity index (χ0v) is 9.57. The molecule has 1 amide bonds. The third kappa shape index (κ3) is 2.61. The molecule has 1 aliphatic rings. The van der Waals surface area contributed by atoms with Crippen molar-refractivity contribution < 1.29 is 4.79 Å². The molecule has 1 saturated heterocycles. The number of hydrogen-bond donors (Lipinski definition) is 2. The van der Waals surface area contributed by atoms with Gasteiger partial charge in [-0.2, -0.15) is 0 Å². The van der Waals surface area contributed by atoms with Gasteiger partial charge in [0.2, 0.25) is 0 Å². The van der Waals surface area contributed by atoms with Gasteiger partial charge >= 0.3 is 0 Å². The largest absolute Gasteiger partial charge is 0.349 e. The van der Waals surface area contributed by atoms with E-state index in [1.807, 2.05) is 7.05 Å². The lowest BCUT2D eigenvalue weighted by Crippen LogP contribution is -2.43. The highest BCUT2D eigenvalue weighted by molar-refractivity contribution is 5.92. The summed E-state index contributed by atoms with van der Waals surface area (Å²) in [7, 11) is 1.82. The summed E-state index contributed by atoms with van der Waals surface area (Å²) in [5, 5.41) is 6.33. The fourth-order valence-electron chi connectivity index (χ4n) is 1.98. The second-order valence-electron chi connectivity index (χ2n) is 4.25. The topological polar surface area (TPSA) is 59.0 Å². The van der Waals surface area contributed by atoms with Crippen LogP contribution in [0.25, 0.3) is 0 Å². The van der Waals surface area contributed by atoms with Gasteiger partial charge in [-0.25, -0.2) is 4.98 Å². The zero-order valence-electron chi connectivity index (χ0n) is 9.57. The normalized spacial score (nSPS) is 20.7. The lowest BCUT2D eigenvalue weighted by atomic mass is 10.1. The summed E-state index contributed by atoms with van der Waals surface area (Å²) in [6.07, 6.45) is 6.86. The SMILES string of the molecule is Cn1cncc1C(=O)NCC1CCCCN1. The smallest absolute Gasteiger partial charge is 0.269 e. The van der Waals surface area contributed by atoms with Crippen LogP contribution in [0, 0.1) is 0 Å². The van der Waals surface area contributed by atoms with Crippen LogP contribution in [0.4, 0.5) is 0 Å². The summed E-state index contributed by atoms with van der Waals surface area (Å²) in [4.78, 5) is 15.7. The molecule has 1 fully saturated rings. The molecule has 88 valence electrons. The molecule has 1 aromatic rings. The maximum absolute atomic E-state index is 11.8. The van der Waals surface area contributed by atoms with E-state index in [4.69, 9.17) is 0 Å². The number of hydrogen-bond acceptors (Lipinski definition) is 3. The first-order valence-corrected chi connectivity index (χ1v) is 5.75. The number of amides is 1. The Labute approximate surface area is 95.2 Å². The molecule has 0 aromatic carbocycles. The Morgan fingerprint density at radius 3 is 3.19 bits per heavy atom. The van der Waals surface area contributed by atoms with E-state index in [0.29, 0.717) is 18.3 Å². The number of imidazole rings is 1. The highest BCUT2D eigenvalue weighted by Crippen LogP contribution is 2.06. The van der Waals surface area contributed by atoms with Crippen LogP contribution in [0.5, 0.6) is 0 Å². The van der Waals surface area contributed by atoms with Gasteiger partial charge in [0.25, 0.3) is 5.91 Å². The van der Waals surface area contributed by atoms with Crippen molar-refractivity contribution in [2.24, 2.45) is 7.05 Å². The molecule has 5 nitrogen and oxygen atoms in total. The predicted octanol–water partition coefficient (Wildman–Crippen LogP) is 0.292. The molecular weight excluding hydrogens is 204 g/mol. The molecule has 2 N–H and O–H groups in total. The number of carbonyl (C=O) groups is 1. The average molecular weight is 222 g/mol. The summed E-state index contributed by atoms with van der Waals surface area (Å²) in [6, 6.07) is 0.422. The molecule has 1 unspecified atom stereocenters. The predicted molar refractivity (Wildman–Crippen MR) is 61.2 cm³/mol. The number of nitrogens with zero attached hydrogens (tertiary/aromatic N) is 2. The molecule has 0 bridgehead atoms. The lowest BCUT2D eigenvalue weighted by molar-refractivity contribution is 0.0939. The third-order valence-corrected chi connectivity index (χ3v) is 2.97. The van der Waals surface area contributed by atoms with Crippen LogP contribution < -0.4 is 10.6 Å². The standard InChI is InChI=1S/C11H18N4O/c1-15-8-12-7-10(15)11(16)14-6-9-4-2-3-5-13-9/h7-9,13H,2-6H2,1H3,(H,14,16). The number of aromatic nitrogens is 2. The second kappa shape index (κ2) is 5.12. The van der Waals surface area contributed by atoms with Crippen molar-refractivity contribution in [1.82, 2.24) is 20.2 Å². The molecule has 1 atom stereocenters. The van der Waals surface area contributed by atoms with E-state index >= 15 is 0 Å². The molecule has 0 radical (unpaired) electrons. The fraction of sp³-hybridized carbons (Fsp3) is 0.636. The quantitative estimate of drug-likeness (QED) is 0.773. The van der Waals surface area contributed by atoms with Crippen LogP contribution in [0.3, 0.4) is 0 Å². The second-order valence-corrected chi connectivity index (χ2v) is 4.25. The van der Waals surface area contributed by atoms with E-state index < -0.39 is 0 Å². The van der Waals surface area contributed by atoms with Crippen molar-refractivity contribution in [3.63, 3.8) is 0 Å². The van der Waals surface area contributed by atoms with Crippen molar-refractivity contribution in [3.05, 3.63) is 18.2 Å². The molecule has 0 spiro atoms. The molecule has 2 heterocycles. The fourth-order valence-corrected chi connectivity index (χ4v) is 1.98. The number of carbonyl (C=O) groups excluding carboxylic acids is 1. The van der Waals surface area contributed by atoms with Crippen molar-refractivity contribution in [1.29, 1.82) is 0 Å². The molecule has 1 aliphatic heterocycles. The van der Waals surface area contributed by atoms with Gasteiger partial charge in [-0.3, -0.25) is 4.79 Å². The van der Waals surface area contributed by atoms with E-state index in [9.17, 15) is 4.79 Å². The summed E-state index contributed by atoms with van der Waals surface area (Å²) >= 11 is 0. The van der Waals surface area contributed by atoms with Crippen LogP contribution in [-0.2, 0) is 7.05 Å². The number of piperidine rings is 1. The van der Waals surface area contributed by atoms with Gasteiger partial charge in [-0.15, -0.1) is 0 Å². The third-order valence-electron chi connectivity index (χ3n) is 2.97. The summed E-state index contributed by atoms with van der Waals surface area (Å²) in [6.45, 7) is 1.76. The van der Waals surface area contributed by atoms with E-state index in [0.717, 1.165) is 13.0 Å². The van der Waals surface area contributed by atoms with Gasteiger partial charge in [0.05, 0.1) is 12.5 Å². The molecule has 5 heteroatoms. The van der Waals surface area contributed by atoms with E-state index in [1.54, 1.807) is 17.1 Å².